The second-order valence-electron chi connectivity index (χ2n) is 12.7. The number of benzene rings is 3. The lowest BCUT2D eigenvalue weighted by molar-refractivity contribution is -0.128. The van der Waals surface area contributed by atoms with Crippen LogP contribution in [0.3, 0.4) is 0 Å². The van der Waals surface area contributed by atoms with E-state index in [-0.39, 0.29) is 11.8 Å². The van der Waals surface area contributed by atoms with Crippen LogP contribution < -0.4 is 5.32 Å². The van der Waals surface area contributed by atoms with Gasteiger partial charge in [0.1, 0.15) is 0 Å². The quantitative estimate of drug-likeness (QED) is 0.205. The van der Waals surface area contributed by atoms with E-state index in [1.807, 2.05) is 84.9 Å². The van der Waals surface area contributed by atoms with Crippen LogP contribution in [0, 0.1) is 17.8 Å². The predicted octanol–water partition coefficient (Wildman–Crippen LogP) is 5.95. The average molecular weight is 570 g/mol. The summed E-state index contributed by atoms with van der Waals surface area (Å²) in [5.74, 6) is -0.132. The molecule has 1 unspecified atom stereocenters. The van der Waals surface area contributed by atoms with Crippen molar-refractivity contribution >= 4 is 5.91 Å². The molecule has 2 aliphatic carbocycles. The number of rotatable bonds is 13. The van der Waals surface area contributed by atoms with Gasteiger partial charge in [-0.3, -0.25) is 4.79 Å². The third kappa shape index (κ3) is 8.31. The average Bonchev–Trinajstić information content (AvgIpc) is 3.32. The molecule has 42 heavy (non-hydrogen) atoms. The Hall–Kier alpha value is -2.99. The number of aliphatic hydroxyl groups excluding tert-OH is 3. The molecular formula is C37H47NO4. The molecule has 1 saturated carbocycles. The molecule has 0 radical (unpaired) electrons. The Labute approximate surface area is 251 Å². The van der Waals surface area contributed by atoms with Crippen molar-refractivity contribution in [1.29, 1.82) is 0 Å². The summed E-state index contributed by atoms with van der Waals surface area (Å²) in [5.41, 5.74) is 4.17. The van der Waals surface area contributed by atoms with Crippen LogP contribution in [-0.2, 0) is 24.1 Å². The molecule has 0 spiro atoms. The maximum atomic E-state index is 13.9. The number of carbonyl (C=O) groups excluding carboxylic acids is 1. The first kappa shape index (κ1) is 30.5. The van der Waals surface area contributed by atoms with Crippen LogP contribution in [0.2, 0.25) is 0 Å². The zero-order valence-electron chi connectivity index (χ0n) is 24.7. The second-order valence-corrected chi connectivity index (χ2v) is 12.7. The van der Waals surface area contributed by atoms with Crippen LogP contribution in [0.5, 0.6) is 0 Å². The van der Waals surface area contributed by atoms with Crippen molar-refractivity contribution in [2.24, 2.45) is 17.8 Å². The first-order chi connectivity index (χ1) is 20.5. The number of hydrogen-bond donors (Lipinski definition) is 4. The number of aliphatic hydroxyl groups is 3. The second kappa shape index (κ2) is 15.0. The largest absolute Gasteiger partial charge is 0.393 e. The molecule has 0 aliphatic heterocycles. The van der Waals surface area contributed by atoms with Gasteiger partial charge in [0.05, 0.1) is 24.4 Å². The van der Waals surface area contributed by atoms with E-state index in [0.717, 1.165) is 28.7 Å². The first-order valence-corrected chi connectivity index (χ1v) is 16.0. The third-order valence-electron chi connectivity index (χ3n) is 9.52. The van der Waals surface area contributed by atoms with E-state index >= 15 is 0 Å². The highest BCUT2D eigenvalue weighted by Gasteiger charge is 2.35. The molecule has 5 rings (SSSR count). The Morgan fingerprint density at radius 2 is 1.40 bits per heavy atom. The molecule has 1 fully saturated rings. The van der Waals surface area contributed by atoms with Gasteiger partial charge in [0.25, 0.3) is 0 Å². The molecule has 5 nitrogen and oxygen atoms in total. The molecule has 0 aromatic heterocycles. The van der Waals surface area contributed by atoms with Gasteiger partial charge < -0.3 is 20.6 Å². The third-order valence-corrected chi connectivity index (χ3v) is 9.52. The fraction of sp³-hybridized carbons (Fsp3) is 0.486. The van der Waals surface area contributed by atoms with Crippen LogP contribution in [0.1, 0.15) is 79.7 Å². The Morgan fingerprint density at radius 1 is 0.786 bits per heavy atom. The van der Waals surface area contributed by atoms with Crippen LogP contribution in [0.25, 0.3) is 0 Å². The number of hydrogen-bond acceptors (Lipinski definition) is 4. The van der Waals surface area contributed by atoms with Crippen molar-refractivity contribution in [3.05, 3.63) is 107 Å². The van der Waals surface area contributed by atoms with E-state index in [2.05, 4.69) is 5.32 Å². The van der Waals surface area contributed by atoms with Gasteiger partial charge in [0, 0.05) is 12.3 Å². The van der Waals surface area contributed by atoms with Gasteiger partial charge in [-0.25, -0.2) is 0 Å². The van der Waals surface area contributed by atoms with Crippen molar-refractivity contribution in [3.63, 3.8) is 0 Å². The Bertz CT molecular complexity index is 1240. The summed E-state index contributed by atoms with van der Waals surface area (Å²) in [7, 11) is 0. The molecule has 3 aromatic rings. The van der Waals surface area contributed by atoms with Crippen LogP contribution in [0.4, 0.5) is 0 Å². The lowest BCUT2D eigenvalue weighted by atomic mass is 9.76. The standard InChI is InChI=1S/C37H47NO4/c39-32(22-28-16-8-3-9-17-28)23-30(20-26-12-4-1-5-13-26)34(40)25-31(21-27-14-6-2-7-15-27)37(42)38-36-33-19-11-10-18-29(33)24-35(36)41/h2-3,6-11,14-19,26,30-32,34-36,39-41H,1,4-5,12-13,20-25H2,(H,38,42)/t30-,31-,32?,34+,35-,36+/m1/s1. The van der Waals surface area contributed by atoms with Crippen molar-refractivity contribution in [1.82, 2.24) is 5.32 Å². The highest BCUT2D eigenvalue weighted by molar-refractivity contribution is 5.79. The topological polar surface area (TPSA) is 89.8 Å². The number of nitrogens with one attached hydrogen (secondary N) is 1. The van der Waals surface area contributed by atoms with E-state index in [4.69, 9.17) is 0 Å². The Balaban J connectivity index is 1.32. The molecular weight excluding hydrogens is 522 g/mol. The molecule has 1 amide bonds. The van der Waals surface area contributed by atoms with Gasteiger partial charge in [0.2, 0.25) is 5.91 Å². The van der Waals surface area contributed by atoms with Crippen LogP contribution >= 0.6 is 0 Å². The normalized spacial score (nSPS) is 21.7. The fourth-order valence-electron chi connectivity index (χ4n) is 7.26. The van der Waals surface area contributed by atoms with E-state index in [1.165, 1.54) is 32.1 Å². The highest BCUT2D eigenvalue weighted by Crippen LogP contribution is 2.35. The highest BCUT2D eigenvalue weighted by atomic mass is 16.3. The van der Waals surface area contributed by atoms with Crippen molar-refractivity contribution in [2.75, 3.05) is 0 Å². The summed E-state index contributed by atoms with van der Waals surface area (Å²) < 4.78 is 0. The minimum Gasteiger partial charge on any atom is -0.393 e. The molecule has 0 saturated heterocycles. The molecule has 3 aromatic carbocycles. The van der Waals surface area contributed by atoms with Crippen molar-refractivity contribution in [3.8, 4) is 0 Å². The zero-order valence-corrected chi connectivity index (χ0v) is 24.7. The van der Waals surface area contributed by atoms with E-state index in [1.54, 1.807) is 0 Å². The van der Waals surface area contributed by atoms with Gasteiger partial charge in [-0.15, -0.1) is 0 Å². The summed E-state index contributed by atoms with van der Waals surface area (Å²) in [6, 6.07) is 27.4. The summed E-state index contributed by atoms with van der Waals surface area (Å²) in [6.07, 6.45) is 7.44. The Kier molecular flexibility index (Phi) is 10.8. The maximum Gasteiger partial charge on any atom is 0.224 e. The maximum absolute atomic E-state index is 13.9. The summed E-state index contributed by atoms with van der Waals surface area (Å²) in [5, 5.41) is 36.9. The van der Waals surface area contributed by atoms with Crippen LogP contribution in [-0.4, -0.2) is 39.5 Å². The van der Waals surface area contributed by atoms with E-state index < -0.39 is 30.3 Å². The molecule has 0 bridgehead atoms. The fourth-order valence-corrected chi connectivity index (χ4v) is 7.26. The number of carbonyl (C=O) groups is 1. The first-order valence-electron chi connectivity index (χ1n) is 16.0. The summed E-state index contributed by atoms with van der Waals surface area (Å²) in [4.78, 5) is 13.9. The monoisotopic (exact) mass is 569 g/mol. The molecule has 0 heterocycles. The lowest BCUT2D eigenvalue weighted by Crippen LogP contribution is -2.41. The van der Waals surface area contributed by atoms with Crippen LogP contribution in [0.15, 0.2) is 84.9 Å². The van der Waals surface area contributed by atoms with E-state index in [0.29, 0.717) is 38.0 Å². The number of fused-ring (bicyclic) bond motifs is 1. The van der Waals surface area contributed by atoms with Crippen molar-refractivity contribution < 1.29 is 20.1 Å². The van der Waals surface area contributed by atoms with Gasteiger partial charge in [-0.1, -0.05) is 117 Å². The van der Waals surface area contributed by atoms with E-state index in [9.17, 15) is 20.1 Å². The molecule has 5 heteroatoms. The smallest absolute Gasteiger partial charge is 0.224 e. The summed E-state index contributed by atoms with van der Waals surface area (Å²) in [6.45, 7) is 0. The molecule has 224 valence electrons. The minimum absolute atomic E-state index is 0.0873. The van der Waals surface area contributed by atoms with Gasteiger partial charge in [0.15, 0.2) is 0 Å². The lowest BCUT2D eigenvalue weighted by Gasteiger charge is -2.32. The molecule has 2 aliphatic rings. The van der Waals surface area contributed by atoms with Crippen molar-refractivity contribution in [2.45, 2.75) is 95.0 Å². The summed E-state index contributed by atoms with van der Waals surface area (Å²) >= 11 is 0. The molecule has 6 atom stereocenters. The van der Waals surface area contributed by atoms with Gasteiger partial charge in [-0.05, 0) is 66.2 Å². The zero-order chi connectivity index (χ0) is 29.3. The van der Waals surface area contributed by atoms with Gasteiger partial charge >= 0.3 is 0 Å². The SMILES string of the molecule is O=C(N[C@H]1c2ccccc2C[C@H]1O)[C@H](Cc1ccccc1)C[C@H](O)[C@@H](CC(O)Cc1ccccc1)CC1CCCCC1. The number of amides is 1. The minimum atomic E-state index is -0.711. The predicted molar refractivity (Wildman–Crippen MR) is 167 cm³/mol. The van der Waals surface area contributed by atoms with Gasteiger partial charge in [-0.2, -0.15) is 0 Å². The Morgan fingerprint density at radius 3 is 2.10 bits per heavy atom. The molecule has 4 N–H and O–H groups in total.